The molecule has 0 heterocycles. The van der Waals surface area contributed by atoms with Crippen molar-refractivity contribution in [3.05, 3.63) is 33.6 Å². The number of phenols is 1. The van der Waals surface area contributed by atoms with Crippen molar-refractivity contribution in [1.29, 1.82) is 0 Å². The summed E-state index contributed by atoms with van der Waals surface area (Å²) in [5.74, 6) is -1.78. The van der Waals surface area contributed by atoms with Gasteiger partial charge in [-0.25, -0.2) is 4.39 Å². The van der Waals surface area contributed by atoms with Crippen molar-refractivity contribution < 1.29 is 14.4 Å². The molecule has 1 rings (SSSR count). The summed E-state index contributed by atoms with van der Waals surface area (Å²) < 4.78 is 13.0. The quantitative estimate of drug-likeness (QED) is 0.498. The van der Waals surface area contributed by atoms with E-state index in [0.29, 0.717) is 6.07 Å². The maximum atomic E-state index is 13.0. The van der Waals surface area contributed by atoms with Gasteiger partial charge >= 0.3 is 0 Å². The van der Waals surface area contributed by atoms with Crippen molar-refractivity contribution in [2.75, 3.05) is 6.54 Å². The number of rotatable bonds is 3. The summed E-state index contributed by atoms with van der Waals surface area (Å²) in [6.45, 7) is -0.0475. The van der Waals surface area contributed by atoms with Crippen LogP contribution in [-0.4, -0.2) is 16.6 Å². The van der Waals surface area contributed by atoms with Gasteiger partial charge in [0, 0.05) is 24.2 Å². The van der Waals surface area contributed by atoms with Gasteiger partial charge in [-0.05, 0) is 0 Å². The van der Waals surface area contributed by atoms with E-state index in [4.69, 9.17) is 11.5 Å². The van der Waals surface area contributed by atoms with E-state index in [9.17, 15) is 19.6 Å². The molecule has 0 aliphatic rings. The van der Waals surface area contributed by atoms with Crippen LogP contribution in [0.2, 0.25) is 0 Å². The first-order valence-electron chi connectivity index (χ1n) is 4.09. The summed E-state index contributed by atoms with van der Waals surface area (Å²) in [4.78, 5) is 9.64. The minimum absolute atomic E-state index is 0.0475. The van der Waals surface area contributed by atoms with E-state index in [0.717, 1.165) is 6.07 Å². The molecule has 15 heavy (non-hydrogen) atoms. The molecule has 0 unspecified atom stereocenters. The lowest BCUT2D eigenvalue weighted by atomic mass is 10.1. The molecule has 0 radical (unpaired) electrons. The van der Waals surface area contributed by atoms with Crippen LogP contribution < -0.4 is 11.5 Å². The van der Waals surface area contributed by atoms with E-state index in [2.05, 4.69) is 0 Å². The van der Waals surface area contributed by atoms with E-state index in [-0.39, 0.29) is 12.1 Å². The molecule has 1 aromatic carbocycles. The molecule has 82 valence electrons. The van der Waals surface area contributed by atoms with Crippen molar-refractivity contribution in [2.24, 2.45) is 11.5 Å². The lowest BCUT2D eigenvalue weighted by molar-refractivity contribution is -0.385. The number of nitro groups is 1. The number of hydrogen-bond acceptors (Lipinski definition) is 5. The highest BCUT2D eigenvalue weighted by Gasteiger charge is 2.19. The second kappa shape index (κ2) is 4.20. The molecule has 0 saturated carbocycles. The maximum Gasteiger partial charge on any atom is 0.272 e. The largest absolute Gasteiger partial charge is 0.505 e. The standard InChI is InChI=1S/C8H10FN3O3/c9-6-2-4(12(14)15)1-5(8(6)13)7(11)3-10/h1-2,7,13H,3,10-11H2/t7-/m0/s1. The highest BCUT2D eigenvalue weighted by molar-refractivity contribution is 5.45. The molecule has 1 aromatic rings. The average Bonchev–Trinajstić information content (AvgIpc) is 2.20. The van der Waals surface area contributed by atoms with Gasteiger partial charge in [0.1, 0.15) is 0 Å². The Balaban J connectivity index is 3.31. The number of benzene rings is 1. The number of phenolic OH excluding ortho intramolecular Hbond substituents is 1. The predicted octanol–water partition coefficient (Wildman–Crippen LogP) is 0.398. The van der Waals surface area contributed by atoms with Gasteiger partial charge in [0.2, 0.25) is 0 Å². The van der Waals surface area contributed by atoms with Crippen molar-refractivity contribution in [3.8, 4) is 5.75 Å². The molecule has 0 saturated heterocycles. The van der Waals surface area contributed by atoms with Crippen LogP contribution in [0.25, 0.3) is 0 Å². The van der Waals surface area contributed by atoms with Gasteiger partial charge in [-0.2, -0.15) is 0 Å². The molecular weight excluding hydrogens is 205 g/mol. The minimum atomic E-state index is -1.08. The van der Waals surface area contributed by atoms with Gasteiger partial charge in [0.15, 0.2) is 11.6 Å². The number of nitro benzene ring substituents is 1. The molecule has 0 aliphatic heterocycles. The fraction of sp³-hybridized carbons (Fsp3) is 0.250. The average molecular weight is 215 g/mol. The normalized spacial score (nSPS) is 12.5. The first-order valence-corrected chi connectivity index (χ1v) is 4.09. The van der Waals surface area contributed by atoms with Crippen LogP contribution in [0.15, 0.2) is 12.1 Å². The first kappa shape index (κ1) is 11.3. The zero-order chi connectivity index (χ0) is 11.6. The molecule has 7 heteroatoms. The fourth-order valence-electron chi connectivity index (χ4n) is 1.12. The number of aromatic hydroxyl groups is 1. The fourth-order valence-corrected chi connectivity index (χ4v) is 1.12. The van der Waals surface area contributed by atoms with Gasteiger partial charge < -0.3 is 16.6 Å². The zero-order valence-corrected chi connectivity index (χ0v) is 7.68. The topological polar surface area (TPSA) is 115 Å². The molecular formula is C8H10FN3O3. The van der Waals surface area contributed by atoms with E-state index in [1.54, 1.807) is 0 Å². The van der Waals surface area contributed by atoms with Crippen molar-refractivity contribution >= 4 is 5.69 Å². The Morgan fingerprint density at radius 2 is 2.20 bits per heavy atom. The molecule has 6 nitrogen and oxygen atoms in total. The minimum Gasteiger partial charge on any atom is -0.505 e. The Kier molecular flexibility index (Phi) is 3.17. The van der Waals surface area contributed by atoms with Gasteiger partial charge in [0.05, 0.1) is 11.0 Å². The smallest absolute Gasteiger partial charge is 0.272 e. The van der Waals surface area contributed by atoms with Crippen LogP contribution in [0.4, 0.5) is 10.1 Å². The number of nitrogens with two attached hydrogens (primary N) is 2. The summed E-state index contributed by atoms with van der Waals surface area (Å²) >= 11 is 0. The monoisotopic (exact) mass is 215 g/mol. The third-order valence-corrected chi connectivity index (χ3v) is 1.94. The van der Waals surface area contributed by atoms with Crippen molar-refractivity contribution in [3.63, 3.8) is 0 Å². The lowest BCUT2D eigenvalue weighted by Crippen LogP contribution is -2.21. The van der Waals surface area contributed by atoms with E-state index < -0.39 is 28.2 Å². The van der Waals surface area contributed by atoms with Crippen LogP contribution in [0, 0.1) is 15.9 Å². The molecule has 0 bridgehead atoms. The number of nitrogens with zero attached hydrogens (tertiary/aromatic N) is 1. The van der Waals surface area contributed by atoms with E-state index >= 15 is 0 Å². The summed E-state index contributed by atoms with van der Waals surface area (Å²) in [7, 11) is 0. The second-order valence-corrected chi connectivity index (χ2v) is 2.96. The Labute approximate surface area is 84.5 Å². The van der Waals surface area contributed by atoms with Gasteiger partial charge in [-0.3, -0.25) is 10.1 Å². The zero-order valence-electron chi connectivity index (χ0n) is 7.68. The second-order valence-electron chi connectivity index (χ2n) is 2.96. The molecule has 0 fully saturated rings. The summed E-state index contributed by atoms with van der Waals surface area (Å²) in [5, 5.41) is 19.7. The van der Waals surface area contributed by atoms with Crippen LogP contribution in [0.1, 0.15) is 11.6 Å². The van der Waals surface area contributed by atoms with Gasteiger partial charge in [-0.15, -0.1) is 0 Å². The number of hydrogen-bond donors (Lipinski definition) is 3. The molecule has 5 N–H and O–H groups in total. The van der Waals surface area contributed by atoms with Crippen molar-refractivity contribution in [1.82, 2.24) is 0 Å². The Bertz CT molecular complexity index is 397. The Morgan fingerprint density at radius 3 is 2.67 bits per heavy atom. The predicted molar refractivity (Wildman–Crippen MR) is 50.7 cm³/mol. The third kappa shape index (κ3) is 2.20. The van der Waals surface area contributed by atoms with Gasteiger partial charge in [0.25, 0.3) is 5.69 Å². The van der Waals surface area contributed by atoms with E-state index in [1.807, 2.05) is 0 Å². The Morgan fingerprint density at radius 1 is 1.60 bits per heavy atom. The first-order chi connectivity index (χ1) is 6.97. The summed E-state index contributed by atoms with van der Waals surface area (Å²) in [6.07, 6.45) is 0. The number of non-ortho nitro benzene ring substituents is 1. The van der Waals surface area contributed by atoms with Crippen molar-refractivity contribution in [2.45, 2.75) is 6.04 Å². The maximum absolute atomic E-state index is 13.0. The van der Waals surface area contributed by atoms with Crippen LogP contribution in [0.3, 0.4) is 0 Å². The Hall–Kier alpha value is -1.73. The lowest BCUT2D eigenvalue weighted by Gasteiger charge is -2.11. The van der Waals surface area contributed by atoms with E-state index in [1.165, 1.54) is 0 Å². The highest BCUT2D eigenvalue weighted by Crippen LogP contribution is 2.30. The molecule has 0 spiro atoms. The number of halogens is 1. The summed E-state index contributed by atoms with van der Waals surface area (Å²) in [5.41, 5.74) is 10.1. The SMILES string of the molecule is NC[C@H](N)c1cc([N+](=O)[O-])cc(F)c1O. The highest BCUT2D eigenvalue weighted by atomic mass is 19.1. The third-order valence-electron chi connectivity index (χ3n) is 1.94. The molecule has 1 atom stereocenters. The molecule has 0 aliphatic carbocycles. The molecule has 0 aromatic heterocycles. The molecule has 0 amide bonds. The van der Waals surface area contributed by atoms with Crippen LogP contribution in [0.5, 0.6) is 5.75 Å². The van der Waals surface area contributed by atoms with Gasteiger partial charge in [-0.1, -0.05) is 0 Å². The van der Waals surface area contributed by atoms with Crippen LogP contribution in [-0.2, 0) is 0 Å². The van der Waals surface area contributed by atoms with Crippen LogP contribution >= 0.6 is 0 Å². The summed E-state index contributed by atoms with van der Waals surface area (Å²) in [6, 6.07) is 0.803.